The first-order chi connectivity index (χ1) is 13.6. The molecule has 2 fully saturated rings. The molecule has 1 spiro atoms. The molecule has 8 nitrogen and oxygen atoms in total. The molecule has 0 atom stereocenters. The molecule has 4 heterocycles. The summed E-state index contributed by atoms with van der Waals surface area (Å²) in [4.78, 5) is 19.5. The number of amides is 2. The van der Waals surface area contributed by atoms with Gasteiger partial charge in [0.15, 0.2) is 0 Å². The minimum absolute atomic E-state index is 0.0341. The van der Waals surface area contributed by atoms with Crippen LogP contribution in [0.4, 0.5) is 10.5 Å². The minimum Gasteiger partial charge on any atom is -0.319 e. The summed E-state index contributed by atoms with van der Waals surface area (Å²) < 4.78 is 1.97. The number of aromatic amines is 1. The summed E-state index contributed by atoms with van der Waals surface area (Å²) in [6.07, 6.45) is 10.9. The Morgan fingerprint density at radius 1 is 1.21 bits per heavy atom. The molecule has 0 unspecified atom stereocenters. The van der Waals surface area contributed by atoms with E-state index in [4.69, 9.17) is 0 Å². The van der Waals surface area contributed by atoms with Gasteiger partial charge < -0.3 is 10.2 Å². The van der Waals surface area contributed by atoms with Crippen molar-refractivity contribution in [1.82, 2.24) is 29.9 Å². The monoisotopic (exact) mass is 379 g/mol. The SMILES string of the molecule is CC(C)n1ncc2cnc(-c3[nH]ncc3NC(=O)N3CCCCC34CC4)cc21. The molecule has 5 rings (SSSR count). The minimum atomic E-state index is -0.0341. The lowest BCUT2D eigenvalue weighted by molar-refractivity contribution is 0.151. The quantitative estimate of drug-likeness (QED) is 0.721. The van der Waals surface area contributed by atoms with Crippen LogP contribution in [-0.2, 0) is 0 Å². The van der Waals surface area contributed by atoms with Gasteiger partial charge in [-0.2, -0.15) is 10.2 Å². The summed E-state index contributed by atoms with van der Waals surface area (Å²) in [7, 11) is 0. The molecule has 1 aliphatic heterocycles. The lowest BCUT2D eigenvalue weighted by Gasteiger charge is -2.36. The first-order valence-electron chi connectivity index (χ1n) is 10.0. The number of likely N-dealkylation sites (tertiary alicyclic amines) is 1. The van der Waals surface area contributed by atoms with Gasteiger partial charge in [0.2, 0.25) is 0 Å². The van der Waals surface area contributed by atoms with Crippen molar-refractivity contribution in [3.8, 4) is 11.4 Å². The smallest absolute Gasteiger partial charge is 0.319 e. The standard InChI is InChI=1S/C20H25N7O/c1-13(2)27-17-9-15(21-10-14(17)11-23-27)18-16(12-22-25-18)24-19(28)26-8-4-3-5-20(26)6-7-20/h9-13H,3-8H2,1-2H3,(H,22,25)(H,24,28). The second-order valence-electron chi connectivity index (χ2n) is 8.23. The van der Waals surface area contributed by atoms with E-state index in [1.54, 1.807) is 6.20 Å². The van der Waals surface area contributed by atoms with Gasteiger partial charge in [0.05, 0.1) is 29.3 Å². The third-order valence-electron chi connectivity index (χ3n) is 6.02. The largest absolute Gasteiger partial charge is 0.322 e. The van der Waals surface area contributed by atoms with Gasteiger partial charge in [0.25, 0.3) is 0 Å². The highest BCUT2D eigenvalue weighted by molar-refractivity contribution is 5.94. The highest BCUT2D eigenvalue weighted by Gasteiger charge is 2.51. The maximum Gasteiger partial charge on any atom is 0.322 e. The van der Waals surface area contributed by atoms with Crippen LogP contribution in [0.15, 0.2) is 24.7 Å². The second-order valence-corrected chi connectivity index (χ2v) is 8.23. The zero-order valence-corrected chi connectivity index (χ0v) is 16.3. The number of nitrogens with one attached hydrogen (secondary N) is 2. The molecule has 3 aromatic rings. The van der Waals surface area contributed by atoms with E-state index in [-0.39, 0.29) is 17.6 Å². The van der Waals surface area contributed by atoms with Crippen molar-refractivity contribution in [3.63, 3.8) is 0 Å². The molecular formula is C20H25N7O. The summed E-state index contributed by atoms with van der Waals surface area (Å²) in [5.74, 6) is 0. The first-order valence-corrected chi connectivity index (χ1v) is 10.0. The number of pyridine rings is 1. The van der Waals surface area contributed by atoms with Gasteiger partial charge in [-0.05, 0) is 52.0 Å². The molecule has 1 saturated heterocycles. The Morgan fingerprint density at radius 3 is 2.86 bits per heavy atom. The molecule has 0 bridgehead atoms. The molecule has 2 N–H and O–H groups in total. The number of H-pyrrole nitrogens is 1. The number of fused-ring (bicyclic) bond motifs is 1. The maximum absolute atomic E-state index is 13.0. The fourth-order valence-corrected chi connectivity index (χ4v) is 4.32. The van der Waals surface area contributed by atoms with Crippen LogP contribution >= 0.6 is 0 Å². The number of aromatic nitrogens is 5. The molecule has 1 saturated carbocycles. The Bertz CT molecular complexity index is 1030. The lowest BCUT2D eigenvalue weighted by Crippen LogP contribution is -2.47. The third kappa shape index (κ3) is 2.75. The van der Waals surface area contributed by atoms with Crippen LogP contribution in [0, 0.1) is 0 Å². The maximum atomic E-state index is 13.0. The number of carbonyl (C=O) groups is 1. The number of hydrogen-bond donors (Lipinski definition) is 2. The van der Waals surface area contributed by atoms with Gasteiger partial charge >= 0.3 is 6.03 Å². The van der Waals surface area contributed by atoms with Gasteiger partial charge in [-0.25, -0.2) is 4.79 Å². The van der Waals surface area contributed by atoms with E-state index in [9.17, 15) is 4.79 Å². The van der Waals surface area contributed by atoms with Gasteiger partial charge in [-0.1, -0.05) is 0 Å². The van der Waals surface area contributed by atoms with Crippen molar-refractivity contribution < 1.29 is 4.79 Å². The fraction of sp³-hybridized carbons (Fsp3) is 0.500. The van der Waals surface area contributed by atoms with Crippen LogP contribution in [0.2, 0.25) is 0 Å². The van der Waals surface area contributed by atoms with Gasteiger partial charge in [0, 0.05) is 29.7 Å². The van der Waals surface area contributed by atoms with Crippen molar-refractivity contribution in [2.75, 3.05) is 11.9 Å². The van der Waals surface area contributed by atoms with E-state index in [0.717, 1.165) is 48.8 Å². The highest BCUT2D eigenvalue weighted by atomic mass is 16.2. The van der Waals surface area contributed by atoms with E-state index in [2.05, 4.69) is 39.4 Å². The number of carbonyl (C=O) groups excluding carboxylic acids is 1. The predicted octanol–water partition coefficient (Wildman–Crippen LogP) is 3.95. The molecule has 1 aliphatic carbocycles. The molecule has 8 heteroatoms. The Morgan fingerprint density at radius 2 is 2.07 bits per heavy atom. The summed E-state index contributed by atoms with van der Waals surface area (Å²) in [5, 5.41) is 15.7. The van der Waals surface area contributed by atoms with E-state index in [1.807, 2.05) is 28.0 Å². The topological polar surface area (TPSA) is 91.7 Å². The number of hydrogen-bond acceptors (Lipinski definition) is 4. The Hall–Kier alpha value is -2.90. The molecule has 0 radical (unpaired) electrons. The number of rotatable bonds is 3. The molecule has 2 aliphatic rings. The van der Waals surface area contributed by atoms with E-state index < -0.39 is 0 Å². The Balaban J connectivity index is 1.44. The molecule has 28 heavy (non-hydrogen) atoms. The van der Waals surface area contributed by atoms with Crippen molar-refractivity contribution in [1.29, 1.82) is 0 Å². The van der Waals surface area contributed by atoms with Crippen LogP contribution in [0.3, 0.4) is 0 Å². The predicted molar refractivity (Wildman–Crippen MR) is 107 cm³/mol. The average molecular weight is 379 g/mol. The number of piperidine rings is 1. The van der Waals surface area contributed by atoms with E-state index in [0.29, 0.717) is 11.4 Å². The van der Waals surface area contributed by atoms with Crippen molar-refractivity contribution in [2.45, 2.75) is 57.5 Å². The van der Waals surface area contributed by atoms with Crippen LogP contribution in [0.1, 0.15) is 52.0 Å². The van der Waals surface area contributed by atoms with Crippen LogP contribution < -0.4 is 5.32 Å². The van der Waals surface area contributed by atoms with Crippen molar-refractivity contribution in [2.24, 2.45) is 0 Å². The summed E-state index contributed by atoms with van der Waals surface area (Å²) in [6.45, 7) is 5.03. The normalized spacial score (nSPS) is 18.2. The second kappa shape index (κ2) is 6.32. The van der Waals surface area contributed by atoms with Crippen molar-refractivity contribution in [3.05, 3.63) is 24.7 Å². The van der Waals surface area contributed by atoms with E-state index in [1.165, 1.54) is 6.42 Å². The fourth-order valence-electron chi connectivity index (χ4n) is 4.32. The highest BCUT2D eigenvalue weighted by Crippen LogP contribution is 2.48. The van der Waals surface area contributed by atoms with Crippen LogP contribution in [-0.4, -0.2) is 48.0 Å². The Labute approximate surface area is 163 Å². The molecule has 2 amide bonds. The van der Waals surface area contributed by atoms with Gasteiger partial charge in [-0.15, -0.1) is 0 Å². The lowest BCUT2D eigenvalue weighted by atomic mass is 10.0. The molecular weight excluding hydrogens is 354 g/mol. The third-order valence-corrected chi connectivity index (χ3v) is 6.02. The number of urea groups is 1. The zero-order chi connectivity index (χ0) is 19.3. The number of anilines is 1. The molecule has 3 aromatic heterocycles. The summed E-state index contributed by atoms with van der Waals surface area (Å²) >= 11 is 0. The van der Waals surface area contributed by atoms with Gasteiger partial charge in [0.1, 0.15) is 5.69 Å². The number of nitrogens with zero attached hydrogens (tertiary/aromatic N) is 5. The van der Waals surface area contributed by atoms with Crippen LogP contribution in [0.25, 0.3) is 22.3 Å². The average Bonchev–Trinajstić information content (AvgIpc) is 3.12. The summed E-state index contributed by atoms with van der Waals surface area (Å²) in [5.41, 5.74) is 3.23. The zero-order valence-electron chi connectivity index (χ0n) is 16.3. The van der Waals surface area contributed by atoms with E-state index >= 15 is 0 Å². The van der Waals surface area contributed by atoms with Crippen molar-refractivity contribution >= 4 is 22.6 Å². The molecule has 0 aromatic carbocycles. The molecule has 146 valence electrons. The van der Waals surface area contributed by atoms with Gasteiger partial charge in [-0.3, -0.25) is 14.8 Å². The first kappa shape index (κ1) is 17.2. The summed E-state index contributed by atoms with van der Waals surface area (Å²) in [6, 6.07) is 2.21. The van der Waals surface area contributed by atoms with Crippen LogP contribution in [0.5, 0.6) is 0 Å². The Kier molecular flexibility index (Phi) is 3.89.